The van der Waals surface area contributed by atoms with Crippen LogP contribution in [-0.4, -0.2) is 4.57 Å². The molecule has 1 N–H and O–H groups in total. The van der Waals surface area contributed by atoms with E-state index in [1.165, 1.54) is 17.0 Å². The van der Waals surface area contributed by atoms with Crippen molar-refractivity contribution in [2.45, 2.75) is 33.9 Å². The van der Waals surface area contributed by atoms with Crippen molar-refractivity contribution in [3.63, 3.8) is 0 Å². The summed E-state index contributed by atoms with van der Waals surface area (Å²) in [6.07, 6.45) is 0. The number of anilines is 1. The first kappa shape index (κ1) is 14.5. The Balaban J connectivity index is 2.14. The summed E-state index contributed by atoms with van der Waals surface area (Å²) in [6, 6.07) is 8.12. The van der Waals surface area contributed by atoms with Crippen LogP contribution < -0.4 is 5.32 Å². The van der Waals surface area contributed by atoms with E-state index in [0.717, 1.165) is 28.3 Å². The minimum atomic E-state index is 0.735. The van der Waals surface area contributed by atoms with Gasteiger partial charge in [-0.25, -0.2) is 0 Å². The van der Waals surface area contributed by atoms with Gasteiger partial charge in [0.25, 0.3) is 0 Å². The second-order valence-electron chi connectivity index (χ2n) is 4.62. The number of nitrogens with one attached hydrogen (secondary N) is 1. The van der Waals surface area contributed by atoms with Crippen LogP contribution in [0.5, 0.6) is 0 Å². The maximum atomic E-state index is 6.20. The number of aryl methyl sites for hydroxylation is 1. The molecular formula is C15H18BrClN2. The second-order valence-corrected chi connectivity index (χ2v) is 5.94. The van der Waals surface area contributed by atoms with E-state index >= 15 is 0 Å². The smallest absolute Gasteiger partial charge is 0.0648 e. The number of hydrogen-bond donors (Lipinski definition) is 1. The molecule has 0 saturated heterocycles. The number of hydrogen-bond acceptors (Lipinski definition) is 1. The fourth-order valence-corrected chi connectivity index (χ4v) is 3.10. The summed E-state index contributed by atoms with van der Waals surface area (Å²) < 4.78 is 3.31. The predicted molar refractivity (Wildman–Crippen MR) is 86.1 cm³/mol. The molecule has 0 bridgehead atoms. The molecule has 0 radical (unpaired) electrons. The van der Waals surface area contributed by atoms with Crippen molar-refractivity contribution in [3.05, 3.63) is 50.7 Å². The Kier molecular flexibility index (Phi) is 4.58. The molecule has 4 heteroatoms. The van der Waals surface area contributed by atoms with Crippen LogP contribution in [0.3, 0.4) is 0 Å². The third-order valence-electron chi connectivity index (χ3n) is 3.40. The van der Waals surface area contributed by atoms with Crippen LogP contribution in [0.2, 0.25) is 5.02 Å². The molecule has 0 atom stereocenters. The summed E-state index contributed by atoms with van der Waals surface area (Å²) in [5.41, 5.74) is 4.91. The number of halogens is 2. The van der Waals surface area contributed by atoms with Crippen LogP contribution in [0, 0.1) is 13.8 Å². The summed E-state index contributed by atoms with van der Waals surface area (Å²) in [7, 11) is 0. The topological polar surface area (TPSA) is 17.0 Å². The van der Waals surface area contributed by atoms with E-state index in [1.807, 2.05) is 18.2 Å². The number of aromatic nitrogens is 1. The summed E-state index contributed by atoms with van der Waals surface area (Å²) in [6.45, 7) is 8.28. The largest absolute Gasteiger partial charge is 0.380 e. The zero-order valence-electron chi connectivity index (χ0n) is 11.4. The Bertz CT molecular complexity index is 590. The molecule has 2 nitrogen and oxygen atoms in total. The van der Waals surface area contributed by atoms with Crippen molar-refractivity contribution < 1.29 is 0 Å². The van der Waals surface area contributed by atoms with Gasteiger partial charge in [0.1, 0.15) is 0 Å². The molecule has 2 rings (SSSR count). The molecular weight excluding hydrogens is 324 g/mol. The molecule has 1 heterocycles. The van der Waals surface area contributed by atoms with Crippen molar-refractivity contribution in [1.82, 2.24) is 4.57 Å². The molecule has 0 saturated carbocycles. The third-order valence-corrected chi connectivity index (χ3v) is 4.20. The Morgan fingerprint density at radius 2 is 2.00 bits per heavy atom. The van der Waals surface area contributed by atoms with Gasteiger partial charge in [-0.05, 0) is 50.6 Å². The monoisotopic (exact) mass is 340 g/mol. The average Bonchev–Trinajstić information content (AvgIpc) is 2.63. The lowest BCUT2D eigenvalue weighted by Crippen LogP contribution is -2.03. The third kappa shape index (κ3) is 3.15. The van der Waals surface area contributed by atoms with Gasteiger partial charge in [0.05, 0.1) is 10.7 Å². The van der Waals surface area contributed by atoms with Crippen LogP contribution in [0.15, 0.2) is 28.7 Å². The molecule has 0 aliphatic heterocycles. The molecule has 1 aromatic carbocycles. The zero-order valence-corrected chi connectivity index (χ0v) is 13.8. The van der Waals surface area contributed by atoms with Crippen molar-refractivity contribution in [3.8, 4) is 0 Å². The highest BCUT2D eigenvalue weighted by Crippen LogP contribution is 2.26. The van der Waals surface area contributed by atoms with Gasteiger partial charge in [-0.3, -0.25) is 0 Å². The maximum absolute atomic E-state index is 6.20. The maximum Gasteiger partial charge on any atom is 0.0648 e. The lowest BCUT2D eigenvalue weighted by molar-refractivity contribution is 0.715. The fraction of sp³-hybridized carbons (Fsp3) is 0.333. The normalized spacial score (nSPS) is 10.8. The van der Waals surface area contributed by atoms with Crippen LogP contribution in [0.1, 0.15) is 23.9 Å². The van der Waals surface area contributed by atoms with Crippen molar-refractivity contribution in [2.75, 3.05) is 5.32 Å². The zero-order chi connectivity index (χ0) is 14.0. The van der Waals surface area contributed by atoms with E-state index in [-0.39, 0.29) is 0 Å². The van der Waals surface area contributed by atoms with Gasteiger partial charge in [-0.2, -0.15) is 0 Å². The van der Waals surface area contributed by atoms with Gasteiger partial charge in [0.15, 0.2) is 0 Å². The highest BCUT2D eigenvalue weighted by atomic mass is 79.9. The van der Waals surface area contributed by atoms with Crippen LogP contribution in [-0.2, 0) is 13.1 Å². The van der Waals surface area contributed by atoms with Crippen LogP contribution >= 0.6 is 27.5 Å². The molecule has 0 aliphatic carbocycles. The van der Waals surface area contributed by atoms with Crippen molar-refractivity contribution in [1.29, 1.82) is 0 Å². The molecule has 2 aromatic rings. The molecule has 0 fully saturated rings. The molecule has 19 heavy (non-hydrogen) atoms. The average molecular weight is 342 g/mol. The molecule has 0 unspecified atom stereocenters. The van der Waals surface area contributed by atoms with Gasteiger partial charge < -0.3 is 9.88 Å². The Morgan fingerprint density at radius 1 is 1.26 bits per heavy atom. The second kappa shape index (κ2) is 6.02. The van der Waals surface area contributed by atoms with Gasteiger partial charge in [-0.15, -0.1) is 0 Å². The van der Waals surface area contributed by atoms with Gasteiger partial charge in [0.2, 0.25) is 0 Å². The minimum absolute atomic E-state index is 0.735. The quantitative estimate of drug-likeness (QED) is 0.813. The molecule has 0 aliphatic rings. The van der Waals surface area contributed by atoms with E-state index in [4.69, 9.17) is 11.6 Å². The van der Waals surface area contributed by atoms with Gasteiger partial charge >= 0.3 is 0 Å². The van der Waals surface area contributed by atoms with E-state index < -0.39 is 0 Å². The van der Waals surface area contributed by atoms with Gasteiger partial charge in [-0.1, -0.05) is 27.5 Å². The van der Waals surface area contributed by atoms with E-state index in [1.54, 1.807) is 0 Å². The molecule has 102 valence electrons. The summed E-state index contributed by atoms with van der Waals surface area (Å²) >= 11 is 9.61. The summed E-state index contributed by atoms with van der Waals surface area (Å²) in [5, 5.41) is 4.13. The van der Waals surface area contributed by atoms with Crippen LogP contribution in [0.25, 0.3) is 0 Å². The van der Waals surface area contributed by atoms with Gasteiger partial charge in [0, 0.05) is 29.0 Å². The molecule has 1 aromatic heterocycles. The Hall–Kier alpha value is -0.930. The Morgan fingerprint density at radius 3 is 2.58 bits per heavy atom. The SMILES string of the molecule is CCn1c(C)cc(CNc2ccc(Br)cc2Cl)c1C. The lowest BCUT2D eigenvalue weighted by atomic mass is 10.2. The highest BCUT2D eigenvalue weighted by molar-refractivity contribution is 9.10. The first-order valence-corrected chi connectivity index (χ1v) is 7.54. The predicted octanol–water partition coefficient (Wildman–Crippen LogP) is 5.15. The summed E-state index contributed by atoms with van der Waals surface area (Å²) in [4.78, 5) is 0. The van der Waals surface area contributed by atoms with E-state index in [9.17, 15) is 0 Å². The lowest BCUT2D eigenvalue weighted by Gasteiger charge is -2.09. The standard InChI is InChI=1S/C15H18BrClN2/c1-4-19-10(2)7-12(11(19)3)9-18-15-6-5-13(16)8-14(15)17/h5-8,18H,4,9H2,1-3H3. The first-order valence-electron chi connectivity index (χ1n) is 6.37. The Labute approximate surface area is 127 Å². The minimum Gasteiger partial charge on any atom is -0.380 e. The van der Waals surface area contributed by atoms with Crippen molar-refractivity contribution >= 4 is 33.2 Å². The van der Waals surface area contributed by atoms with Crippen molar-refractivity contribution in [2.24, 2.45) is 0 Å². The number of nitrogens with zero attached hydrogens (tertiary/aromatic N) is 1. The van der Waals surface area contributed by atoms with E-state index in [0.29, 0.717) is 0 Å². The number of benzene rings is 1. The molecule has 0 amide bonds. The summed E-state index contributed by atoms with van der Waals surface area (Å²) in [5.74, 6) is 0. The van der Waals surface area contributed by atoms with E-state index in [2.05, 4.69) is 52.7 Å². The highest BCUT2D eigenvalue weighted by Gasteiger charge is 2.08. The van der Waals surface area contributed by atoms with Crippen LogP contribution in [0.4, 0.5) is 5.69 Å². The molecule has 0 spiro atoms. The number of rotatable bonds is 4. The first-order chi connectivity index (χ1) is 9.02. The fourth-order valence-electron chi connectivity index (χ4n) is 2.36.